The Kier molecular flexibility index (Phi) is 69.8. The van der Waals surface area contributed by atoms with Gasteiger partial charge < -0.3 is 18.9 Å². The minimum absolute atomic E-state index is 0.00614. The van der Waals surface area contributed by atoms with Crippen LogP contribution in [0, 0.1) is 0 Å². The van der Waals surface area contributed by atoms with E-state index in [0.717, 1.165) is 173 Å². The summed E-state index contributed by atoms with van der Waals surface area (Å²) in [7, 11) is 1.40. The average Bonchev–Trinajstić information content (AvgIpc) is 1.23. The molecule has 544 valence electrons. The lowest BCUT2D eigenvalue weighted by Gasteiger charge is -2.24. The molecule has 98 heavy (non-hydrogen) atoms. The van der Waals surface area contributed by atoms with Crippen molar-refractivity contribution in [3.05, 3.63) is 255 Å². The van der Waals surface area contributed by atoms with Crippen molar-refractivity contribution < 1.29 is 42.1 Å². The molecule has 0 aromatic heterocycles. The van der Waals surface area contributed by atoms with Crippen LogP contribution in [0.4, 0.5) is 0 Å². The first-order valence-electron chi connectivity index (χ1n) is 37.4. The van der Waals surface area contributed by atoms with Crippen LogP contribution in [0.15, 0.2) is 255 Å². The van der Waals surface area contributed by atoms with Crippen LogP contribution < -0.4 is 0 Å². The molecule has 9 nitrogen and oxygen atoms in total. The maximum atomic E-state index is 12.9. The summed E-state index contributed by atoms with van der Waals surface area (Å²) in [5, 5.41) is 0. The van der Waals surface area contributed by atoms with Gasteiger partial charge in [0.2, 0.25) is 0 Å². The van der Waals surface area contributed by atoms with E-state index in [0.29, 0.717) is 23.9 Å². The number of carbonyl (C=O) groups is 2. The van der Waals surface area contributed by atoms with Gasteiger partial charge in [-0.25, -0.2) is 4.57 Å². The van der Waals surface area contributed by atoms with E-state index in [1.165, 1.54) is 19.3 Å². The smallest absolute Gasteiger partial charge is 0.462 e. The Bertz CT molecular complexity index is 2610. The molecule has 0 aliphatic carbocycles. The summed E-state index contributed by atoms with van der Waals surface area (Å²) in [5.74, 6) is -0.884. The van der Waals surface area contributed by atoms with Gasteiger partial charge in [0, 0.05) is 12.8 Å². The van der Waals surface area contributed by atoms with Crippen molar-refractivity contribution >= 4 is 19.8 Å². The molecule has 0 heterocycles. The number of nitrogens with zero attached hydrogens (tertiary/aromatic N) is 1. The fourth-order valence-electron chi connectivity index (χ4n) is 8.93. The summed E-state index contributed by atoms with van der Waals surface area (Å²) >= 11 is 0. The Hall–Kier alpha value is -6.45. The molecule has 0 aliphatic heterocycles. The standard InChI is InChI=1S/C88H134NO8P/c1-6-8-10-12-14-16-18-20-22-24-26-28-30-32-34-36-38-40-42-43-44-45-47-49-51-53-55-57-59-61-63-65-67-69-71-73-75-77-79-81-88(91)97-86(85-96-98(92,93)95-83-82-89(3,4)5)84-94-87(90)80-78-76-74-72-70-68-66-64-62-60-58-56-54-52-50-48-46-41-39-37-35-33-31-29-27-25-23-21-19-17-15-13-11-9-7-2/h8-11,14-17,20-23,26-29,32-35,38-41,43-44,47-50,53-56,59-62,65,67,71,73,86H,6-7,12-13,18-19,24-25,30-31,36-37,42,45-46,51-52,57-58,63-64,66,68-70,72,74-85H2,1-5H3/p+1/b10-8-,11-9-,16-14-,17-15-,22-20-,23-21-,28-26-,29-27-,34-32-,35-33-,40-38-,41-39-,44-43-,49-47-,50-48-,55-53-,56-54-,61-59-,62-60-,67-65-,73-71-. The third-order valence-electron chi connectivity index (χ3n) is 14.6. The second-order valence-electron chi connectivity index (χ2n) is 24.9. The number of quaternary nitrogens is 1. The SMILES string of the molecule is CC/C=C\C/C=C\C/C=C\C/C=C\C/C=C\C/C=C\C/C=C\C/C=C\C/C=C\C/C=C\C/C=C\C/C=C\CCCCC(=O)OC(COC(=O)CCCCCCCCC/C=C\C/C=C\C/C=C\C/C=C\C/C=C\C/C=C\C/C=C\C/C=C\C/C=C\CC)COP(=O)(O)OCC[N+](C)(C)C. The van der Waals surface area contributed by atoms with Crippen LogP contribution in [-0.4, -0.2) is 74.9 Å². The fraction of sp³-hybridized carbons (Fsp3) is 0.500. The molecule has 2 atom stereocenters. The Morgan fingerprint density at radius 3 is 0.837 bits per heavy atom. The zero-order chi connectivity index (χ0) is 71.1. The minimum atomic E-state index is -4.43. The van der Waals surface area contributed by atoms with E-state index >= 15 is 0 Å². The molecule has 0 fully saturated rings. The van der Waals surface area contributed by atoms with Crippen LogP contribution in [0.25, 0.3) is 0 Å². The van der Waals surface area contributed by atoms with E-state index in [9.17, 15) is 19.0 Å². The van der Waals surface area contributed by atoms with Crippen LogP contribution in [0.2, 0.25) is 0 Å². The highest BCUT2D eigenvalue weighted by atomic mass is 31.2. The molecule has 2 unspecified atom stereocenters. The van der Waals surface area contributed by atoms with Crippen molar-refractivity contribution in [3.63, 3.8) is 0 Å². The molecule has 0 saturated carbocycles. The predicted molar refractivity (Wildman–Crippen MR) is 426 cm³/mol. The summed E-state index contributed by atoms with van der Waals surface area (Å²) < 4.78 is 34.7. The highest BCUT2D eigenvalue weighted by Gasteiger charge is 2.27. The highest BCUT2D eigenvalue weighted by Crippen LogP contribution is 2.43. The maximum Gasteiger partial charge on any atom is 0.472 e. The van der Waals surface area contributed by atoms with Gasteiger partial charge in [-0.1, -0.05) is 301 Å². The molecular weight excluding hydrogens is 1230 g/mol. The van der Waals surface area contributed by atoms with Crippen LogP contribution in [0.3, 0.4) is 0 Å². The molecule has 0 aliphatic rings. The van der Waals surface area contributed by atoms with Gasteiger partial charge in [0.1, 0.15) is 19.8 Å². The molecule has 0 radical (unpaired) electrons. The Morgan fingerprint density at radius 1 is 0.316 bits per heavy atom. The van der Waals surface area contributed by atoms with Crippen LogP contribution in [0.5, 0.6) is 0 Å². The van der Waals surface area contributed by atoms with E-state index in [4.69, 9.17) is 18.5 Å². The number of hydrogen-bond donors (Lipinski definition) is 1. The van der Waals surface area contributed by atoms with E-state index in [2.05, 4.69) is 269 Å². The number of rotatable bonds is 65. The van der Waals surface area contributed by atoms with Gasteiger partial charge in [-0.3, -0.25) is 18.6 Å². The molecule has 1 N–H and O–H groups in total. The van der Waals surface area contributed by atoms with Crippen molar-refractivity contribution in [1.29, 1.82) is 0 Å². The van der Waals surface area contributed by atoms with Gasteiger partial charge in [-0.05, 0) is 173 Å². The largest absolute Gasteiger partial charge is 0.472 e. The first kappa shape index (κ1) is 91.5. The number of carbonyl (C=O) groups excluding carboxylic acids is 2. The predicted octanol–water partition coefficient (Wildman–Crippen LogP) is 25.3. The highest BCUT2D eigenvalue weighted by molar-refractivity contribution is 7.47. The summed E-state index contributed by atoms with van der Waals surface area (Å²) in [4.78, 5) is 35.9. The summed E-state index contributed by atoms with van der Waals surface area (Å²) in [6.45, 7) is 4.10. The zero-order valence-corrected chi connectivity index (χ0v) is 62.8. The van der Waals surface area contributed by atoms with Crippen LogP contribution >= 0.6 is 7.82 Å². The number of ether oxygens (including phenoxy) is 2. The van der Waals surface area contributed by atoms with E-state index < -0.39 is 32.5 Å². The number of allylic oxidation sites excluding steroid dienone is 42. The van der Waals surface area contributed by atoms with Gasteiger partial charge in [0.25, 0.3) is 0 Å². The van der Waals surface area contributed by atoms with Crippen molar-refractivity contribution in [2.45, 2.75) is 238 Å². The maximum absolute atomic E-state index is 12.9. The summed E-state index contributed by atoms with van der Waals surface area (Å²) in [6, 6.07) is 0. The normalized spacial score (nSPS) is 14.6. The molecule has 0 aromatic carbocycles. The molecular formula is C88H135NO8P+. The van der Waals surface area contributed by atoms with E-state index in [1.54, 1.807) is 0 Å². The monoisotopic (exact) mass is 1360 g/mol. The topological polar surface area (TPSA) is 108 Å². The number of likely N-dealkylation sites (N-methyl/N-ethyl adjacent to an activating group) is 1. The second kappa shape index (κ2) is 74.8. The summed E-state index contributed by atoms with van der Waals surface area (Å²) in [5.41, 5.74) is 0. The molecule has 0 amide bonds. The van der Waals surface area contributed by atoms with Gasteiger partial charge in [-0.2, -0.15) is 0 Å². The number of phosphoric acid groups is 1. The summed E-state index contributed by atoms with van der Waals surface area (Å²) in [6.07, 6.45) is 124. The van der Waals surface area contributed by atoms with E-state index in [-0.39, 0.29) is 26.1 Å². The van der Waals surface area contributed by atoms with Crippen molar-refractivity contribution in [1.82, 2.24) is 0 Å². The van der Waals surface area contributed by atoms with Crippen LogP contribution in [0.1, 0.15) is 232 Å². The number of esters is 2. The first-order valence-corrected chi connectivity index (χ1v) is 38.9. The fourth-order valence-corrected chi connectivity index (χ4v) is 9.67. The second-order valence-corrected chi connectivity index (χ2v) is 26.3. The van der Waals surface area contributed by atoms with Gasteiger partial charge in [0.05, 0.1) is 27.7 Å². The first-order chi connectivity index (χ1) is 48.0. The van der Waals surface area contributed by atoms with Crippen molar-refractivity contribution in [2.75, 3.05) is 47.5 Å². The number of hydrogen-bond acceptors (Lipinski definition) is 7. The molecule has 0 spiro atoms. The Morgan fingerprint density at radius 2 is 0.551 bits per heavy atom. The molecule has 0 rings (SSSR count). The Balaban J connectivity index is 4.25. The lowest BCUT2D eigenvalue weighted by Crippen LogP contribution is -2.37. The molecule has 0 saturated heterocycles. The average molecular weight is 1370 g/mol. The molecule has 0 bridgehead atoms. The van der Waals surface area contributed by atoms with E-state index in [1.807, 2.05) is 21.1 Å². The third-order valence-corrected chi connectivity index (χ3v) is 15.5. The third kappa shape index (κ3) is 78.5. The lowest BCUT2D eigenvalue weighted by atomic mass is 10.1. The minimum Gasteiger partial charge on any atom is -0.462 e. The van der Waals surface area contributed by atoms with Crippen molar-refractivity contribution in [2.24, 2.45) is 0 Å². The Labute approximate surface area is 599 Å². The lowest BCUT2D eigenvalue weighted by molar-refractivity contribution is -0.870. The van der Waals surface area contributed by atoms with Gasteiger partial charge >= 0.3 is 19.8 Å². The number of unbranched alkanes of at least 4 members (excludes halogenated alkanes) is 9. The molecule has 10 heteroatoms. The van der Waals surface area contributed by atoms with Crippen LogP contribution in [-0.2, 0) is 32.7 Å². The van der Waals surface area contributed by atoms with Gasteiger partial charge in [0.15, 0.2) is 6.10 Å². The van der Waals surface area contributed by atoms with Crippen molar-refractivity contribution in [3.8, 4) is 0 Å². The number of phosphoric ester groups is 1. The zero-order valence-electron chi connectivity index (χ0n) is 61.9. The van der Waals surface area contributed by atoms with Gasteiger partial charge in [-0.15, -0.1) is 0 Å². The molecule has 0 aromatic rings. The quantitative estimate of drug-likeness (QED) is 0.0211.